The number of para-hydroxylation sites is 2. The van der Waals surface area contributed by atoms with E-state index < -0.39 is 0 Å². The number of benzene rings is 3. The van der Waals surface area contributed by atoms with E-state index in [0.717, 1.165) is 26.5 Å². The molecule has 1 heterocycles. The van der Waals surface area contributed by atoms with Gasteiger partial charge in [-0.1, -0.05) is 30.3 Å². The number of hydrogen-bond donors (Lipinski definition) is 1. The van der Waals surface area contributed by atoms with Gasteiger partial charge >= 0.3 is 0 Å². The second kappa shape index (κ2) is 9.86. The van der Waals surface area contributed by atoms with E-state index in [-0.39, 0.29) is 0 Å². The maximum Gasteiger partial charge on any atom is 0.183 e. The van der Waals surface area contributed by atoms with Crippen molar-refractivity contribution in [3.05, 3.63) is 83.4 Å². The van der Waals surface area contributed by atoms with Crippen LogP contribution in [0.2, 0.25) is 0 Å². The molecule has 0 saturated carbocycles. The van der Waals surface area contributed by atoms with Crippen LogP contribution in [0.15, 0.2) is 82.9 Å². The average Bonchev–Trinajstić information content (AvgIpc) is 3.24. The molecule has 0 aliphatic rings. The molecule has 1 aromatic heterocycles. The fourth-order valence-electron chi connectivity index (χ4n) is 2.93. The number of hydrazone groups is 1. The van der Waals surface area contributed by atoms with Crippen LogP contribution in [0.3, 0.4) is 0 Å². The number of aliphatic imine (C=N–C) groups is 1. The highest BCUT2D eigenvalue weighted by Crippen LogP contribution is 2.27. The lowest BCUT2D eigenvalue weighted by atomic mass is 10.2. The maximum absolute atomic E-state index is 5.57. The minimum atomic E-state index is 0.576. The lowest BCUT2D eigenvalue weighted by Crippen LogP contribution is -2.18. The molecule has 0 saturated heterocycles. The van der Waals surface area contributed by atoms with Crippen molar-refractivity contribution in [2.75, 3.05) is 13.7 Å². The summed E-state index contributed by atoms with van der Waals surface area (Å²) in [6.07, 6.45) is 1.71. The number of rotatable bonds is 7. The fraction of sp³-hybridized carbons (Fsp3) is 0.125. The molecule has 0 bridgehead atoms. The van der Waals surface area contributed by atoms with Crippen molar-refractivity contribution in [1.82, 2.24) is 10.4 Å². The van der Waals surface area contributed by atoms with Crippen molar-refractivity contribution in [3.8, 4) is 11.5 Å². The van der Waals surface area contributed by atoms with E-state index >= 15 is 0 Å². The molecule has 0 radical (unpaired) electrons. The molecular formula is C24H22N4O2S. The van der Waals surface area contributed by atoms with E-state index in [4.69, 9.17) is 19.5 Å². The zero-order valence-electron chi connectivity index (χ0n) is 17.3. The van der Waals surface area contributed by atoms with Gasteiger partial charge in [-0.2, -0.15) is 5.10 Å². The first-order chi connectivity index (χ1) is 15.3. The summed E-state index contributed by atoms with van der Waals surface area (Å²) in [6.45, 7) is 2.52. The summed E-state index contributed by atoms with van der Waals surface area (Å²) in [6, 6.07) is 23.4. The molecular weight excluding hydrogens is 408 g/mol. The van der Waals surface area contributed by atoms with Crippen LogP contribution in [0.1, 0.15) is 17.5 Å². The Balaban J connectivity index is 1.61. The first kappa shape index (κ1) is 20.6. The molecule has 4 rings (SSSR count). The number of methoxy groups -OCH3 is 1. The lowest BCUT2D eigenvalue weighted by Gasteiger charge is -2.09. The molecule has 0 amide bonds. The second-order valence-corrected chi connectivity index (χ2v) is 7.53. The Labute approximate surface area is 184 Å². The minimum Gasteiger partial charge on any atom is -0.493 e. The third kappa shape index (κ3) is 5.07. The van der Waals surface area contributed by atoms with Crippen LogP contribution in [-0.2, 0) is 0 Å². The molecule has 4 aromatic rings. The minimum absolute atomic E-state index is 0.576. The molecule has 31 heavy (non-hydrogen) atoms. The van der Waals surface area contributed by atoms with Crippen molar-refractivity contribution in [3.63, 3.8) is 0 Å². The standard InChI is InChI=1S/C24H22N4O2S/c1-3-30-20-14-13-17(15-21(20)29-2)16-25-28-23(26-18-9-5-4-6-10-18)24-27-19-11-7-8-12-22(19)31-24/h4-16H,3H2,1-2H3,(H,26,28). The van der Waals surface area contributed by atoms with Gasteiger partial charge in [0, 0.05) is 0 Å². The van der Waals surface area contributed by atoms with Gasteiger partial charge in [0.2, 0.25) is 0 Å². The summed E-state index contributed by atoms with van der Waals surface area (Å²) in [5, 5.41) is 5.17. The number of nitrogens with zero attached hydrogens (tertiary/aromatic N) is 3. The number of ether oxygens (including phenoxy) is 2. The van der Waals surface area contributed by atoms with Gasteiger partial charge in [-0.15, -0.1) is 11.3 Å². The smallest absolute Gasteiger partial charge is 0.183 e. The lowest BCUT2D eigenvalue weighted by molar-refractivity contribution is 0.311. The molecule has 0 spiro atoms. The Morgan fingerprint density at radius 3 is 2.61 bits per heavy atom. The van der Waals surface area contributed by atoms with Gasteiger partial charge in [0.05, 0.1) is 35.8 Å². The van der Waals surface area contributed by atoms with E-state index in [1.165, 1.54) is 0 Å². The molecule has 156 valence electrons. The monoisotopic (exact) mass is 430 g/mol. The highest BCUT2D eigenvalue weighted by molar-refractivity contribution is 7.20. The number of aromatic nitrogens is 1. The number of thiazole rings is 1. The topological polar surface area (TPSA) is 68.1 Å². The molecule has 7 heteroatoms. The predicted molar refractivity (Wildman–Crippen MR) is 127 cm³/mol. The number of hydrogen-bond acceptors (Lipinski definition) is 6. The fourth-order valence-corrected chi connectivity index (χ4v) is 3.84. The third-order valence-corrected chi connectivity index (χ3v) is 5.41. The molecule has 0 fully saturated rings. The van der Waals surface area contributed by atoms with Crippen molar-refractivity contribution >= 4 is 39.3 Å². The quantitative estimate of drug-likeness (QED) is 0.242. The van der Waals surface area contributed by atoms with Crippen molar-refractivity contribution in [1.29, 1.82) is 0 Å². The van der Waals surface area contributed by atoms with Crippen LogP contribution in [0, 0.1) is 0 Å². The zero-order valence-corrected chi connectivity index (χ0v) is 18.1. The van der Waals surface area contributed by atoms with Crippen LogP contribution in [0.5, 0.6) is 11.5 Å². The molecule has 0 aliphatic heterocycles. The van der Waals surface area contributed by atoms with E-state index in [2.05, 4.69) is 10.5 Å². The Kier molecular flexibility index (Phi) is 6.54. The van der Waals surface area contributed by atoms with Crippen LogP contribution in [0.25, 0.3) is 10.2 Å². The van der Waals surface area contributed by atoms with Crippen molar-refractivity contribution < 1.29 is 9.47 Å². The Hall–Kier alpha value is -3.71. The molecule has 1 N–H and O–H groups in total. The van der Waals surface area contributed by atoms with Gasteiger partial charge in [-0.05, 0) is 55.0 Å². The third-order valence-electron chi connectivity index (χ3n) is 4.37. The SMILES string of the molecule is CCOc1ccc(C=NNC(=Nc2ccccc2)c2nc3ccccc3s2)cc1OC. The zero-order chi connectivity index (χ0) is 21.5. The summed E-state index contributed by atoms with van der Waals surface area (Å²) >= 11 is 1.57. The van der Waals surface area contributed by atoms with Crippen LogP contribution >= 0.6 is 11.3 Å². The van der Waals surface area contributed by atoms with Crippen molar-refractivity contribution in [2.45, 2.75) is 6.92 Å². The van der Waals surface area contributed by atoms with E-state index in [9.17, 15) is 0 Å². The maximum atomic E-state index is 5.57. The first-order valence-electron chi connectivity index (χ1n) is 9.86. The van der Waals surface area contributed by atoms with E-state index in [1.807, 2.05) is 79.7 Å². The normalized spacial score (nSPS) is 11.7. The van der Waals surface area contributed by atoms with E-state index in [0.29, 0.717) is 23.9 Å². The van der Waals surface area contributed by atoms with Crippen molar-refractivity contribution in [2.24, 2.45) is 10.1 Å². The Morgan fingerprint density at radius 1 is 1.03 bits per heavy atom. The molecule has 0 aliphatic carbocycles. The molecule has 3 aromatic carbocycles. The average molecular weight is 431 g/mol. The van der Waals surface area contributed by atoms with Gasteiger partial charge in [-0.25, -0.2) is 9.98 Å². The largest absolute Gasteiger partial charge is 0.493 e. The van der Waals surface area contributed by atoms with Gasteiger partial charge in [-0.3, -0.25) is 5.43 Å². The number of amidine groups is 1. The number of nitrogens with one attached hydrogen (secondary N) is 1. The Bertz CT molecular complexity index is 1190. The highest BCUT2D eigenvalue weighted by atomic mass is 32.1. The van der Waals surface area contributed by atoms with Gasteiger partial charge in [0.15, 0.2) is 22.3 Å². The van der Waals surface area contributed by atoms with Gasteiger partial charge in [0.1, 0.15) is 0 Å². The Morgan fingerprint density at radius 2 is 1.84 bits per heavy atom. The summed E-state index contributed by atoms with van der Waals surface area (Å²) in [7, 11) is 1.62. The van der Waals surface area contributed by atoms with Gasteiger partial charge in [0.25, 0.3) is 0 Å². The van der Waals surface area contributed by atoms with Crippen LogP contribution in [-0.4, -0.2) is 30.8 Å². The molecule has 0 unspecified atom stereocenters. The predicted octanol–water partition coefficient (Wildman–Crippen LogP) is 5.41. The first-order valence-corrected chi connectivity index (χ1v) is 10.7. The summed E-state index contributed by atoms with van der Waals surface area (Å²) < 4.78 is 12.1. The van der Waals surface area contributed by atoms with E-state index in [1.54, 1.807) is 24.7 Å². The molecule has 6 nitrogen and oxygen atoms in total. The second-order valence-electron chi connectivity index (χ2n) is 6.50. The van der Waals surface area contributed by atoms with Gasteiger partial charge < -0.3 is 9.47 Å². The summed E-state index contributed by atoms with van der Waals surface area (Å²) in [5.74, 6) is 1.95. The summed E-state index contributed by atoms with van der Waals surface area (Å²) in [4.78, 5) is 9.43. The molecule has 0 atom stereocenters. The highest BCUT2D eigenvalue weighted by Gasteiger charge is 2.10. The van der Waals surface area contributed by atoms with Crippen LogP contribution in [0.4, 0.5) is 5.69 Å². The number of fused-ring (bicyclic) bond motifs is 1. The summed E-state index contributed by atoms with van der Waals surface area (Å²) in [5.41, 5.74) is 5.69. The van der Waals surface area contributed by atoms with Crippen LogP contribution < -0.4 is 14.9 Å².